The van der Waals surface area contributed by atoms with Gasteiger partial charge in [-0.05, 0) is 53.9 Å². The lowest BCUT2D eigenvalue weighted by molar-refractivity contribution is -0.135. The summed E-state index contributed by atoms with van der Waals surface area (Å²) >= 11 is 9.15. The zero-order chi connectivity index (χ0) is 13.8. The summed E-state index contributed by atoms with van der Waals surface area (Å²) in [6.45, 7) is 1.86. The molecule has 0 aromatic heterocycles. The molecule has 0 aliphatic carbocycles. The number of benzene rings is 1. The molecular formula is C12H14BrClF3N. The van der Waals surface area contributed by atoms with Crippen molar-refractivity contribution >= 4 is 33.2 Å². The second kappa shape index (κ2) is 6.66. The molecule has 1 unspecified atom stereocenters. The van der Waals surface area contributed by atoms with E-state index in [9.17, 15) is 13.2 Å². The first-order valence-electron chi connectivity index (χ1n) is 5.56. The minimum Gasteiger partial charge on any atom is -0.383 e. The van der Waals surface area contributed by atoms with Gasteiger partial charge in [0.25, 0.3) is 0 Å². The number of halogens is 5. The highest BCUT2D eigenvalue weighted by atomic mass is 79.9. The fourth-order valence-corrected chi connectivity index (χ4v) is 2.05. The van der Waals surface area contributed by atoms with Gasteiger partial charge in [-0.1, -0.05) is 11.6 Å². The van der Waals surface area contributed by atoms with E-state index in [0.29, 0.717) is 11.4 Å². The average molecular weight is 345 g/mol. The van der Waals surface area contributed by atoms with E-state index in [1.807, 2.05) is 13.0 Å². The molecule has 18 heavy (non-hydrogen) atoms. The molecule has 1 aromatic rings. The molecule has 0 aliphatic heterocycles. The molecule has 1 N–H and O–H groups in total. The van der Waals surface area contributed by atoms with Crippen LogP contribution in [-0.2, 0) is 0 Å². The second-order valence-corrected chi connectivity index (χ2v) is 5.44. The first-order valence-corrected chi connectivity index (χ1v) is 6.73. The van der Waals surface area contributed by atoms with E-state index in [1.54, 1.807) is 12.1 Å². The lowest BCUT2D eigenvalue weighted by Crippen LogP contribution is -2.16. The third-order valence-corrected chi connectivity index (χ3v) is 3.64. The summed E-state index contributed by atoms with van der Waals surface area (Å²) in [4.78, 5) is 0. The van der Waals surface area contributed by atoms with Gasteiger partial charge >= 0.3 is 6.18 Å². The SMILES string of the molecule is CC(CCCC(F)(F)F)Nc1ccc(Cl)c(Br)c1. The van der Waals surface area contributed by atoms with Gasteiger partial charge in [0.15, 0.2) is 0 Å². The van der Waals surface area contributed by atoms with Crippen LogP contribution in [0.2, 0.25) is 5.02 Å². The zero-order valence-corrected chi connectivity index (χ0v) is 12.2. The highest BCUT2D eigenvalue weighted by Gasteiger charge is 2.26. The summed E-state index contributed by atoms with van der Waals surface area (Å²) in [5, 5.41) is 3.74. The Hall–Kier alpha value is -0.420. The van der Waals surface area contributed by atoms with Gasteiger partial charge in [-0.25, -0.2) is 0 Å². The fourth-order valence-electron chi connectivity index (χ4n) is 1.55. The van der Waals surface area contributed by atoms with Crippen molar-refractivity contribution in [2.75, 3.05) is 5.32 Å². The summed E-state index contributed by atoms with van der Waals surface area (Å²) in [6.07, 6.45) is -4.20. The molecule has 1 atom stereocenters. The van der Waals surface area contributed by atoms with Crippen LogP contribution >= 0.6 is 27.5 Å². The van der Waals surface area contributed by atoms with Crippen LogP contribution in [0, 0.1) is 0 Å². The summed E-state index contributed by atoms with van der Waals surface area (Å²) in [5.74, 6) is 0. The van der Waals surface area contributed by atoms with E-state index in [4.69, 9.17) is 11.6 Å². The van der Waals surface area contributed by atoms with Crippen molar-refractivity contribution in [3.63, 3.8) is 0 Å². The van der Waals surface area contributed by atoms with E-state index in [2.05, 4.69) is 21.2 Å². The number of nitrogens with one attached hydrogen (secondary N) is 1. The Labute approximate surface area is 118 Å². The molecular weight excluding hydrogens is 330 g/mol. The lowest BCUT2D eigenvalue weighted by atomic mass is 10.1. The Bertz CT molecular complexity index is 395. The van der Waals surface area contributed by atoms with Crippen LogP contribution in [0.4, 0.5) is 18.9 Å². The van der Waals surface area contributed by atoms with Gasteiger partial charge in [-0.2, -0.15) is 13.2 Å². The first kappa shape index (κ1) is 15.6. The number of hydrogen-bond acceptors (Lipinski definition) is 1. The smallest absolute Gasteiger partial charge is 0.383 e. The van der Waals surface area contributed by atoms with Crippen molar-refractivity contribution in [1.82, 2.24) is 0 Å². The molecule has 1 rings (SSSR count). The first-order chi connectivity index (χ1) is 8.28. The van der Waals surface area contributed by atoms with Crippen LogP contribution in [0.5, 0.6) is 0 Å². The lowest BCUT2D eigenvalue weighted by Gasteiger charge is -2.16. The van der Waals surface area contributed by atoms with Crippen LogP contribution < -0.4 is 5.32 Å². The van der Waals surface area contributed by atoms with Crippen LogP contribution in [0.25, 0.3) is 0 Å². The van der Waals surface area contributed by atoms with Crippen molar-refractivity contribution < 1.29 is 13.2 Å². The van der Waals surface area contributed by atoms with E-state index >= 15 is 0 Å². The molecule has 0 saturated carbocycles. The molecule has 0 amide bonds. The average Bonchev–Trinajstić information content (AvgIpc) is 2.21. The topological polar surface area (TPSA) is 12.0 Å². The molecule has 1 nitrogen and oxygen atoms in total. The van der Waals surface area contributed by atoms with Crippen molar-refractivity contribution in [1.29, 1.82) is 0 Å². The van der Waals surface area contributed by atoms with Crippen molar-refractivity contribution in [2.24, 2.45) is 0 Å². The van der Waals surface area contributed by atoms with Crippen molar-refractivity contribution in [3.05, 3.63) is 27.7 Å². The standard InChI is InChI=1S/C12H14BrClF3N/c1-8(3-2-6-12(15,16)17)18-9-4-5-11(14)10(13)7-9/h4-5,7-8,18H,2-3,6H2,1H3. The Balaban J connectivity index is 2.40. The van der Waals surface area contributed by atoms with E-state index in [0.717, 1.165) is 10.2 Å². The molecule has 0 fully saturated rings. The Kier molecular flexibility index (Phi) is 5.79. The van der Waals surface area contributed by atoms with Gasteiger partial charge in [0.2, 0.25) is 0 Å². The molecule has 102 valence electrons. The predicted molar refractivity (Wildman–Crippen MR) is 72.1 cm³/mol. The molecule has 0 aliphatic rings. The molecule has 0 bridgehead atoms. The summed E-state index contributed by atoms with van der Waals surface area (Å²) in [6, 6.07) is 5.33. The Morgan fingerprint density at radius 2 is 2.06 bits per heavy atom. The largest absolute Gasteiger partial charge is 0.389 e. The molecule has 1 aromatic carbocycles. The van der Waals surface area contributed by atoms with Crippen LogP contribution in [0.3, 0.4) is 0 Å². The Morgan fingerprint density at radius 1 is 1.39 bits per heavy atom. The van der Waals surface area contributed by atoms with Crippen molar-refractivity contribution in [2.45, 2.75) is 38.4 Å². The molecule has 0 radical (unpaired) electrons. The highest BCUT2D eigenvalue weighted by Crippen LogP contribution is 2.27. The maximum Gasteiger partial charge on any atom is 0.389 e. The molecule has 0 heterocycles. The number of alkyl halides is 3. The molecule has 0 saturated heterocycles. The monoisotopic (exact) mass is 343 g/mol. The van der Waals surface area contributed by atoms with Crippen LogP contribution in [-0.4, -0.2) is 12.2 Å². The van der Waals surface area contributed by atoms with E-state index in [-0.39, 0.29) is 12.5 Å². The van der Waals surface area contributed by atoms with Crippen molar-refractivity contribution in [3.8, 4) is 0 Å². The summed E-state index contributed by atoms with van der Waals surface area (Å²) in [5.41, 5.74) is 0.839. The Morgan fingerprint density at radius 3 is 2.61 bits per heavy atom. The normalized spacial score (nSPS) is 13.4. The van der Waals surface area contributed by atoms with Crippen LogP contribution in [0.1, 0.15) is 26.2 Å². The number of anilines is 1. The minimum absolute atomic E-state index is 0.0135. The number of rotatable bonds is 5. The van der Waals surface area contributed by atoms with Gasteiger partial charge < -0.3 is 5.32 Å². The fraction of sp³-hybridized carbons (Fsp3) is 0.500. The third kappa shape index (κ3) is 5.96. The second-order valence-electron chi connectivity index (χ2n) is 4.18. The van der Waals surface area contributed by atoms with Gasteiger partial charge in [0.05, 0.1) is 5.02 Å². The maximum absolute atomic E-state index is 12.0. The van der Waals surface area contributed by atoms with Gasteiger partial charge in [-0.3, -0.25) is 0 Å². The highest BCUT2D eigenvalue weighted by molar-refractivity contribution is 9.10. The quantitative estimate of drug-likeness (QED) is 0.729. The summed E-state index contributed by atoms with van der Waals surface area (Å²) in [7, 11) is 0. The molecule has 0 spiro atoms. The maximum atomic E-state index is 12.0. The van der Waals surface area contributed by atoms with E-state index in [1.165, 1.54) is 0 Å². The van der Waals surface area contributed by atoms with Gasteiger partial charge in [0, 0.05) is 22.6 Å². The minimum atomic E-state index is -4.07. The third-order valence-electron chi connectivity index (χ3n) is 2.43. The zero-order valence-electron chi connectivity index (χ0n) is 9.82. The van der Waals surface area contributed by atoms with Gasteiger partial charge in [-0.15, -0.1) is 0 Å². The number of hydrogen-bond donors (Lipinski definition) is 1. The van der Waals surface area contributed by atoms with Crippen LogP contribution in [0.15, 0.2) is 22.7 Å². The van der Waals surface area contributed by atoms with Gasteiger partial charge in [0.1, 0.15) is 0 Å². The summed E-state index contributed by atoms with van der Waals surface area (Å²) < 4.78 is 36.7. The molecule has 6 heteroatoms. The predicted octanol–water partition coefficient (Wildman–Crippen LogP) is 5.64. The van der Waals surface area contributed by atoms with E-state index < -0.39 is 12.6 Å².